The van der Waals surface area contributed by atoms with Gasteiger partial charge in [-0.25, -0.2) is 0 Å². The summed E-state index contributed by atoms with van der Waals surface area (Å²) in [6.07, 6.45) is 0. The van der Waals surface area contributed by atoms with Crippen LogP contribution in [0.15, 0.2) is 10.5 Å². The van der Waals surface area contributed by atoms with Crippen molar-refractivity contribution in [2.45, 2.75) is 13.8 Å². The van der Waals surface area contributed by atoms with E-state index in [4.69, 9.17) is 9.47 Å². The van der Waals surface area contributed by atoms with Gasteiger partial charge >= 0.3 is 0 Å². The summed E-state index contributed by atoms with van der Waals surface area (Å²) in [6.45, 7) is 5.41. The van der Waals surface area contributed by atoms with Gasteiger partial charge in [-0.3, -0.25) is 0 Å². The fourth-order valence-electron chi connectivity index (χ4n) is 1.36. The fourth-order valence-corrected chi connectivity index (χ4v) is 1.98. The van der Waals surface area contributed by atoms with E-state index in [9.17, 15) is 0 Å². The quantitative estimate of drug-likeness (QED) is 0.697. The van der Waals surface area contributed by atoms with Crippen molar-refractivity contribution < 1.29 is 9.47 Å². The van der Waals surface area contributed by atoms with Gasteiger partial charge in [0, 0.05) is 0 Å². The van der Waals surface area contributed by atoms with Crippen LogP contribution in [0.4, 0.5) is 0 Å². The predicted molar refractivity (Wildman–Crippen MR) is 54.6 cm³/mol. The van der Waals surface area contributed by atoms with Crippen LogP contribution in [0.1, 0.15) is 11.1 Å². The molecule has 0 unspecified atom stereocenters. The maximum Gasteiger partial charge on any atom is 0.175 e. The van der Waals surface area contributed by atoms with E-state index in [0.717, 1.165) is 16.0 Å². The van der Waals surface area contributed by atoms with E-state index in [1.807, 2.05) is 6.07 Å². The summed E-state index contributed by atoms with van der Waals surface area (Å²) in [5, 5.41) is 0. The molecule has 0 amide bonds. The summed E-state index contributed by atoms with van der Waals surface area (Å²) >= 11 is 3.51. The number of hydrogen-bond donors (Lipinski definition) is 0. The number of rotatable bonds is 0. The molecule has 0 radical (unpaired) electrons. The summed E-state index contributed by atoms with van der Waals surface area (Å²) in [5.74, 6) is 1.69. The third kappa shape index (κ3) is 1.41. The lowest BCUT2D eigenvalue weighted by Gasteiger charge is -2.21. The number of aryl methyl sites for hydroxylation is 1. The molecule has 0 fully saturated rings. The molecule has 0 aliphatic carbocycles. The number of ether oxygens (including phenoxy) is 2. The second-order valence-corrected chi connectivity index (χ2v) is 3.95. The van der Waals surface area contributed by atoms with Crippen molar-refractivity contribution >= 4 is 15.9 Å². The van der Waals surface area contributed by atoms with Crippen molar-refractivity contribution in [3.8, 4) is 11.5 Å². The highest BCUT2D eigenvalue weighted by atomic mass is 79.9. The van der Waals surface area contributed by atoms with Gasteiger partial charge in [-0.1, -0.05) is 0 Å². The topological polar surface area (TPSA) is 18.5 Å². The molecule has 1 aliphatic rings. The Hall–Kier alpha value is -0.700. The van der Waals surface area contributed by atoms with Gasteiger partial charge in [-0.05, 0) is 47.0 Å². The van der Waals surface area contributed by atoms with Gasteiger partial charge in [-0.15, -0.1) is 0 Å². The van der Waals surface area contributed by atoms with Crippen molar-refractivity contribution in [2.24, 2.45) is 0 Å². The molecule has 1 heterocycles. The molecule has 0 atom stereocenters. The first-order valence-corrected chi connectivity index (χ1v) is 5.04. The lowest BCUT2D eigenvalue weighted by molar-refractivity contribution is 0.170. The smallest absolute Gasteiger partial charge is 0.175 e. The predicted octanol–water partition coefficient (Wildman–Crippen LogP) is 2.84. The molecular weight excluding hydrogens is 232 g/mol. The third-order valence-corrected chi connectivity index (χ3v) is 3.23. The Bertz CT molecular complexity index is 347. The highest BCUT2D eigenvalue weighted by Crippen LogP contribution is 2.40. The summed E-state index contributed by atoms with van der Waals surface area (Å²) in [7, 11) is 0. The Morgan fingerprint density at radius 2 is 1.92 bits per heavy atom. The standard InChI is InChI=1S/C10H11BrO2/c1-6-5-8-10(9(11)7(6)2)13-4-3-12-8/h5H,3-4H2,1-2H3. The zero-order valence-electron chi connectivity index (χ0n) is 7.69. The first-order valence-electron chi connectivity index (χ1n) is 4.25. The first-order chi connectivity index (χ1) is 6.20. The summed E-state index contributed by atoms with van der Waals surface area (Å²) in [6, 6.07) is 2.02. The summed E-state index contributed by atoms with van der Waals surface area (Å²) < 4.78 is 12.0. The zero-order valence-corrected chi connectivity index (χ0v) is 9.27. The fraction of sp³-hybridized carbons (Fsp3) is 0.400. The van der Waals surface area contributed by atoms with Crippen LogP contribution < -0.4 is 9.47 Å². The molecule has 2 rings (SSSR count). The van der Waals surface area contributed by atoms with Gasteiger partial charge in [-0.2, -0.15) is 0 Å². The minimum atomic E-state index is 0.633. The van der Waals surface area contributed by atoms with Crippen LogP contribution in [-0.2, 0) is 0 Å². The monoisotopic (exact) mass is 242 g/mol. The molecule has 70 valence electrons. The van der Waals surface area contributed by atoms with Gasteiger partial charge in [0.15, 0.2) is 11.5 Å². The molecule has 1 aliphatic heterocycles. The third-order valence-electron chi connectivity index (χ3n) is 2.28. The highest BCUT2D eigenvalue weighted by Gasteiger charge is 2.17. The number of benzene rings is 1. The van der Waals surface area contributed by atoms with Crippen molar-refractivity contribution in [3.05, 3.63) is 21.7 Å². The van der Waals surface area contributed by atoms with E-state index in [1.54, 1.807) is 0 Å². The molecular formula is C10H11BrO2. The molecule has 0 spiro atoms. The second-order valence-electron chi connectivity index (χ2n) is 3.16. The van der Waals surface area contributed by atoms with Crippen molar-refractivity contribution in [1.29, 1.82) is 0 Å². The van der Waals surface area contributed by atoms with Crippen LogP contribution in [0.2, 0.25) is 0 Å². The van der Waals surface area contributed by atoms with E-state index in [-0.39, 0.29) is 0 Å². The van der Waals surface area contributed by atoms with Crippen molar-refractivity contribution in [2.75, 3.05) is 13.2 Å². The SMILES string of the molecule is Cc1cc2c(c(Br)c1C)OCCO2. The Kier molecular flexibility index (Phi) is 2.20. The van der Waals surface area contributed by atoms with E-state index in [2.05, 4.69) is 29.8 Å². The molecule has 1 aromatic rings. The maximum absolute atomic E-state index is 5.52. The summed E-state index contributed by atoms with van der Waals surface area (Å²) in [5.41, 5.74) is 2.43. The van der Waals surface area contributed by atoms with Crippen LogP contribution in [0.25, 0.3) is 0 Å². The molecule has 2 nitrogen and oxygen atoms in total. The lowest BCUT2D eigenvalue weighted by Crippen LogP contribution is -2.16. The van der Waals surface area contributed by atoms with Crippen LogP contribution in [-0.4, -0.2) is 13.2 Å². The largest absolute Gasteiger partial charge is 0.486 e. The van der Waals surface area contributed by atoms with Gasteiger partial charge in [0.1, 0.15) is 13.2 Å². The molecule has 13 heavy (non-hydrogen) atoms. The molecule has 0 bridgehead atoms. The second kappa shape index (κ2) is 3.22. The number of fused-ring (bicyclic) bond motifs is 1. The summed E-state index contributed by atoms with van der Waals surface area (Å²) in [4.78, 5) is 0. The Labute approximate surface area is 86.0 Å². The minimum Gasteiger partial charge on any atom is -0.486 e. The zero-order chi connectivity index (χ0) is 9.42. The first kappa shape index (κ1) is 8.88. The van der Waals surface area contributed by atoms with Gasteiger partial charge in [0.2, 0.25) is 0 Å². The van der Waals surface area contributed by atoms with Crippen LogP contribution in [0.5, 0.6) is 11.5 Å². The van der Waals surface area contributed by atoms with Crippen molar-refractivity contribution in [3.63, 3.8) is 0 Å². The molecule has 1 aromatic carbocycles. The van der Waals surface area contributed by atoms with Crippen molar-refractivity contribution in [1.82, 2.24) is 0 Å². The van der Waals surface area contributed by atoms with Gasteiger partial charge in [0.05, 0.1) is 4.47 Å². The Morgan fingerprint density at radius 3 is 2.69 bits per heavy atom. The van der Waals surface area contributed by atoms with Crippen LogP contribution in [0, 0.1) is 13.8 Å². The van der Waals surface area contributed by atoms with E-state index in [0.29, 0.717) is 13.2 Å². The van der Waals surface area contributed by atoms with Gasteiger partial charge < -0.3 is 9.47 Å². The molecule has 0 saturated carbocycles. The van der Waals surface area contributed by atoms with E-state index in [1.165, 1.54) is 11.1 Å². The minimum absolute atomic E-state index is 0.633. The van der Waals surface area contributed by atoms with Crippen LogP contribution >= 0.6 is 15.9 Å². The lowest BCUT2D eigenvalue weighted by atomic mass is 10.1. The van der Waals surface area contributed by atoms with E-state index >= 15 is 0 Å². The Balaban J connectivity index is 2.60. The number of halogens is 1. The molecule has 0 aromatic heterocycles. The van der Waals surface area contributed by atoms with Crippen LogP contribution in [0.3, 0.4) is 0 Å². The normalized spacial score (nSPS) is 14.4. The average molecular weight is 243 g/mol. The van der Waals surface area contributed by atoms with E-state index < -0.39 is 0 Å². The molecule has 0 N–H and O–H groups in total. The molecule has 0 saturated heterocycles. The average Bonchev–Trinajstić information content (AvgIpc) is 2.15. The highest BCUT2D eigenvalue weighted by molar-refractivity contribution is 9.10. The number of hydrogen-bond acceptors (Lipinski definition) is 2. The maximum atomic E-state index is 5.52. The Morgan fingerprint density at radius 1 is 1.23 bits per heavy atom. The molecule has 3 heteroatoms. The van der Waals surface area contributed by atoms with Gasteiger partial charge in [0.25, 0.3) is 0 Å².